The molecule has 0 aromatic heterocycles. The number of rotatable bonds is 13. The highest BCUT2D eigenvalue weighted by Crippen LogP contribution is 2.29. The number of hydrogen-bond acceptors (Lipinski definition) is 7. The quantitative estimate of drug-likeness (QED) is 0.150. The molecule has 3 N–H and O–H groups in total. The Morgan fingerprint density at radius 2 is 1.81 bits per heavy atom. The van der Waals surface area contributed by atoms with Crippen molar-refractivity contribution in [1.82, 2.24) is 10.7 Å². The monoisotopic (exact) mass is 552 g/mol. The van der Waals surface area contributed by atoms with Gasteiger partial charge in [-0.3, -0.25) is 14.4 Å². The van der Waals surface area contributed by atoms with Gasteiger partial charge in [0.15, 0.2) is 18.1 Å². The first kappa shape index (κ1) is 29.9. The van der Waals surface area contributed by atoms with Crippen LogP contribution in [0.3, 0.4) is 0 Å². The van der Waals surface area contributed by atoms with E-state index in [0.717, 1.165) is 0 Å². The number of carbonyl (C=O) groups is 3. The van der Waals surface area contributed by atoms with E-state index in [1.807, 2.05) is 13.8 Å². The molecule has 0 heterocycles. The number of nitrogens with one attached hydrogen (secondary N) is 3. The summed E-state index contributed by atoms with van der Waals surface area (Å²) in [5.41, 5.74) is 3.15. The molecule has 0 saturated carbocycles. The van der Waals surface area contributed by atoms with Crippen molar-refractivity contribution in [1.29, 1.82) is 0 Å². The van der Waals surface area contributed by atoms with Crippen molar-refractivity contribution >= 4 is 52.8 Å². The fraction of sp³-hybridized carbons (Fsp3) is 0.360. The maximum atomic E-state index is 12.3. The van der Waals surface area contributed by atoms with E-state index >= 15 is 0 Å². The molecule has 0 aliphatic carbocycles. The summed E-state index contributed by atoms with van der Waals surface area (Å²) in [7, 11) is 0. The molecular formula is C25H30Cl2N4O6. The Labute approximate surface area is 225 Å². The zero-order valence-electron chi connectivity index (χ0n) is 20.8. The van der Waals surface area contributed by atoms with E-state index in [-0.39, 0.29) is 12.7 Å². The lowest BCUT2D eigenvalue weighted by atomic mass is 10.2. The second kappa shape index (κ2) is 15.7. The number of benzene rings is 2. The lowest BCUT2D eigenvalue weighted by molar-refractivity contribution is -0.139. The summed E-state index contributed by atoms with van der Waals surface area (Å²) in [4.78, 5) is 36.0. The molecule has 0 fully saturated rings. The van der Waals surface area contributed by atoms with Crippen molar-refractivity contribution in [2.45, 2.75) is 33.3 Å². The van der Waals surface area contributed by atoms with Crippen molar-refractivity contribution in [2.75, 3.05) is 31.7 Å². The molecule has 0 saturated heterocycles. The number of ether oxygens (including phenoxy) is 3. The molecule has 2 aromatic rings. The lowest BCUT2D eigenvalue weighted by Gasteiger charge is -2.13. The molecule has 37 heavy (non-hydrogen) atoms. The van der Waals surface area contributed by atoms with Crippen LogP contribution in [0.25, 0.3) is 0 Å². The van der Waals surface area contributed by atoms with Crippen LogP contribution < -0.4 is 25.5 Å². The Kier molecular flexibility index (Phi) is 12.7. The molecule has 0 aliphatic rings. The number of nitrogens with zero attached hydrogens (tertiary/aromatic N) is 1. The fourth-order valence-electron chi connectivity index (χ4n) is 2.80. The summed E-state index contributed by atoms with van der Waals surface area (Å²) in [5.74, 6) is -1.40. The maximum absolute atomic E-state index is 12.3. The number of anilines is 1. The Morgan fingerprint density at radius 1 is 1.03 bits per heavy atom. The van der Waals surface area contributed by atoms with Crippen LogP contribution in [0.15, 0.2) is 41.5 Å². The van der Waals surface area contributed by atoms with Gasteiger partial charge in [-0.15, -0.1) is 0 Å². The Hall–Kier alpha value is -3.34. The Balaban J connectivity index is 1.87. The van der Waals surface area contributed by atoms with Gasteiger partial charge in [0, 0.05) is 18.2 Å². The second-order valence-corrected chi connectivity index (χ2v) is 8.67. The van der Waals surface area contributed by atoms with Crippen molar-refractivity contribution in [3.63, 3.8) is 0 Å². The molecular weight excluding hydrogens is 523 g/mol. The van der Waals surface area contributed by atoms with Crippen molar-refractivity contribution in [3.05, 3.63) is 52.0 Å². The molecule has 12 heteroatoms. The summed E-state index contributed by atoms with van der Waals surface area (Å²) >= 11 is 11.9. The van der Waals surface area contributed by atoms with E-state index in [4.69, 9.17) is 37.4 Å². The van der Waals surface area contributed by atoms with Crippen LogP contribution in [0.5, 0.6) is 11.5 Å². The summed E-state index contributed by atoms with van der Waals surface area (Å²) in [5, 5.41) is 9.70. The van der Waals surface area contributed by atoms with E-state index in [1.54, 1.807) is 37.3 Å². The summed E-state index contributed by atoms with van der Waals surface area (Å²) in [6.45, 7) is 6.49. The lowest BCUT2D eigenvalue weighted by Crippen LogP contribution is -2.38. The van der Waals surface area contributed by atoms with Crippen LogP contribution in [-0.4, -0.2) is 56.4 Å². The van der Waals surface area contributed by atoms with E-state index in [2.05, 4.69) is 21.2 Å². The van der Waals surface area contributed by atoms with Gasteiger partial charge in [0.1, 0.15) is 0 Å². The zero-order chi connectivity index (χ0) is 27.2. The predicted octanol–water partition coefficient (Wildman–Crippen LogP) is 3.79. The Bertz CT molecular complexity index is 1110. The number of carbonyl (C=O) groups excluding carboxylic acids is 3. The molecule has 2 rings (SSSR count). The molecule has 2 aromatic carbocycles. The zero-order valence-corrected chi connectivity index (χ0v) is 22.3. The molecule has 0 atom stereocenters. The topological polar surface area (TPSA) is 127 Å². The van der Waals surface area contributed by atoms with Crippen molar-refractivity contribution < 1.29 is 28.6 Å². The molecule has 3 amide bonds. The largest absolute Gasteiger partial charge is 0.490 e. The number of halogens is 2. The first-order valence-corrected chi connectivity index (χ1v) is 12.3. The van der Waals surface area contributed by atoms with Gasteiger partial charge in [-0.25, -0.2) is 5.43 Å². The minimum atomic E-state index is -0.891. The SMILES string of the molecule is CCOc1cc(/C=N\NC(=O)C(=O)NCCCOC(C)C)ccc1OCC(=O)Nc1ccc(Cl)cc1Cl. The number of hydrogen-bond donors (Lipinski definition) is 3. The van der Waals surface area contributed by atoms with E-state index < -0.39 is 17.7 Å². The van der Waals surface area contributed by atoms with Crippen LogP contribution in [-0.2, 0) is 19.1 Å². The maximum Gasteiger partial charge on any atom is 0.329 e. The smallest absolute Gasteiger partial charge is 0.329 e. The minimum absolute atomic E-state index is 0.108. The Morgan fingerprint density at radius 3 is 2.51 bits per heavy atom. The summed E-state index contributed by atoms with van der Waals surface area (Å²) in [6.07, 6.45) is 2.05. The normalized spacial score (nSPS) is 10.9. The van der Waals surface area contributed by atoms with Gasteiger partial charge in [0.25, 0.3) is 5.91 Å². The first-order chi connectivity index (χ1) is 17.7. The van der Waals surface area contributed by atoms with E-state index in [1.165, 1.54) is 12.3 Å². The van der Waals surface area contributed by atoms with Gasteiger partial charge in [-0.1, -0.05) is 23.2 Å². The second-order valence-electron chi connectivity index (χ2n) is 7.83. The van der Waals surface area contributed by atoms with Crippen LogP contribution in [0.1, 0.15) is 32.8 Å². The summed E-state index contributed by atoms with van der Waals surface area (Å²) in [6, 6.07) is 9.59. The molecule has 0 aliphatic heterocycles. The molecule has 0 unspecified atom stereocenters. The average Bonchev–Trinajstić information content (AvgIpc) is 2.85. The van der Waals surface area contributed by atoms with Gasteiger partial charge >= 0.3 is 11.8 Å². The van der Waals surface area contributed by atoms with Crippen LogP contribution in [0.2, 0.25) is 10.0 Å². The van der Waals surface area contributed by atoms with E-state index in [9.17, 15) is 14.4 Å². The van der Waals surface area contributed by atoms with Gasteiger partial charge in [-0.05, 0) is 69.2 Å². The van der Waals surface area contributed by atoms with E-state index in [0.29, 0.717) is 59.0 Å². The third-order valence-corrected chi connectivity index (χ3v) is 5.02. The molecule has 10 nitrogen and oxygen atoms in total. The fourth-order valence-corrected chi connectivity index (χ4v) is 3.26. The van der Waals surface area contributed by atoms with Crippen molar-refractivity contribution in [3.8, 4) is 11.5 Å². The predicted molar refractivity (Wildman–Crippen MR) is 143 cm³/mol. The number of amides is 3. The standard InChI is InChI=1S/C25H30Cl2N4O6/c1-4-35-22-12-17(14-29-31-25(34)24(33)28-10-5-11-36-16(2)3)6-9-21(22)37-15-23(32)30-20-8-7-18(26)13-19(20)27/h6-9,12-14,16H,4-5,10-11,15H2,1-3H3,(H,28,33)(H,30,32)(H,31,34)/b29-14-. The highest BCUT2D eigenvalue weighted by atomic mass is 35.5. The molecule has 200 valence electrons. The average molecular weight is 553 g/mol. The van der Waals surface area contributed by atoms with Crippen molar-refractivity contribution in [2.24, 2.45) is 5.10 Å². The minimum Gasteiger partial charge on any atom is -0.490 e. The highest BCUT2D eigenvalue weighted by molar-refractivity contribution is 6.36. The highest BCUT2D eigenvalue weighted by Gasteiger charge is 2.13. The molecule has 0 bridgehead atoms. The van der Waals surface area contributed by atoms with Crippen LogP contribution in [0, 0.1) is 0 Å². The van der Waals surface area contributed by atoms with Gasteiger partial charge in [0.05, 0.1) is 29.6 Å². The molecule has 0 radical (unpaired) electrons. The van der Waals surface area contributed by atoms with Gasteiger partial charge < -0.3 is 24.8 Å². The van der Waals surface area contributed by atoms with Gasteiger partial charge in [0.2, 0.25) is 0 Å². The third kappa shape index (κ3) is 11.1. The van der Waals surface area contributed by atoms with Gasteiger partial charge in [-0.2, -0.15) is 5.10 Å². The van der Waals surface area contributed by atoms with Crippen LogP contribution in [0.4, 0.5) is 5.69 Å². The van der Waals surface area contributed by atoms with Crippen LogP contribution >= 0.6 is 23.2 Å². The molecule has 0 spiro atoms. The first-order valence-electron chi connectivity index (χ1n) is 11.6. The number of hydrazone groups is 1. The third-order valence-electron chi connectivity index (χ3n) is 4.48. The summed E-state index contributed by atoms with van der Waals surface area (Å²) < 4.78 is 16.6.